The molecule has 0 spiro atoms. The van der Waals surface area contributed by atoms with Gasteiger partial charge >= 0.3 is 0 Å². The number of furan rings is 1. The van der Waals surface area contributed by atoms with Gasteiger partial charge in [-0.3, -0.25) is 0 Å². The van der Waals surface area contributed by atoms with Gasteiger partial charge in [0.1, 0.15) is 11.2 Å². The first-order valence-electron chi connectivity index (χ1n) is 19.8. The van der Waals surface area contributed by atoms with E-state index in [1.54, 1.807) is 11.3 Å². The van der Waals surface area contributed by atoms with Crippen LogP contribution in [0.5, 0.6) is 0 Å². The summed E-state index contributed by atoms with van der Waals surface area (Å²) in [7, 11) is 0. The van der Waals surface area contributed by atoms with Crippen LogP contribution in [-0.2, 0) is 0 Å². The summed E-state index contributed by atoms with van der Waals surface area (Å²) >= 11 is 1.78. The Kier molecular flexibility index (Phi) is 6.82. The van der Waals surface area contributed by atoms with Gasteiger partial charge in [0, 0.05) is 64.1 Å². The molecule has 5 nitrogen and oxygen atoms in total. The van der Waals surface area contributed by atoms with Gasteiger partial charge in [-0.05, 0) is 64.0 Å². The van der Waals surface area contributed by atoms with Gasteiger partial charge in [0.25, 0.3) is 0 Å². The van der Waals surface area contributed by atoms with Gasteiger partial charge in [-0.1, -0.05) is 140 Å². The topological polar surface area (TPSA) is 56.7 Å². The zero-order valence-electron chi connectivity index (χ0n) is 31.4. The van der Waals surface area contributed by atoms with E-state index in [9.17, 15) is 0 Å². The van der Waals surface area contributed by atoms with Crippen molar-refractivity contribution in [2.75, 3.05) is 0 Å². The number of thiophene rings is 1. The Morgan fingerprint density at radius 3 is 1.93 bits per heavy atom. The Labute approximate surface area is 341 Å². The maximum absolute atomic E-state index is 6.53. The molecule has 13 rings (SSSR count). The molecule has 0 amide bonds. The number of nitrogens with zero attached hydrogens (tertiary/aromatic N) is 4. The number of rotatable bonds is 4. The van der Waals surface area contributed by atoms with Crippen molar-refractivity contribution in [1.29, 1.82) is 0 Å². The average molecular weight is 771 g/mol. The van der Waals surface area contributed by atoms with Crippen molar-refractivity contribution in [1.82, 2.24) is 19.5 Å². The van der Waals surface area contributed by atoms with E-state index in [-0.39, 0.29) is 0 Å². The molecule has 6 heteroatoms. The average Bonchev–Trinajstić information content (AvgIpc) is 3.98. The van der Waals surface area contributed by atoms with Crippen LogP contribution in [-0.4, -0.2) is 19.5 Å². The Hall–Kier alpha value is -7.67. The molecule has 0 fully saturated rings. The number of para-hydroxylation sites is 2. The molecule has 0 saturated carbocycles. The third kappa shape index (κ3) is 4.81. The lowest BCUT2D eigenvalue weighted by Gasteiger charge is -2.14. The lowest BCUT2D eigenvalue weighted by Crippen LogP contribution is -2.02. The number of hydrogen-bond donors (Lipinski definition) is 0. The molecule has 0 radical (unpaired) electrons. The lowest BCUT2D eigenvalue weighted by molar-refractivity contribution is 0.669. The van der Waals surface area contributed by atoms with E-state index in [2.05, 4.69) is 156 Å². The molecule has 13 aromatic rings. The molecule has 0 aliphatic heterocycles. The monoisotopic (exact) mass is 770 g/mol. The summed E-state index contributed by atoms with van der Waals surface area (Å²) in [6.07, 6.45) is 0. The third-order valence-electron chi connectivity index (χ3n) is 11.8. The van der Waals surface area contributed by atoms with E-state index < -0.39 is 0 Å². The fourth-order valence-corrected chi connectivity index (χ4v) is 10.4. The van der Waals surface area contributed by atoms with Crippen LogP contribution >= 0.6 is 11.3 Å². The number of fused-ring (bicyclic) bond motifs is 13. The first kappa shape index (κ1) is 32.4. The predicted octanol–water partition coefficient (Wildman–Crippen LogP) is 14.5. The fraction of sp³-hybridized carbons (Fsp3) is 0. The van der Waals surface area contributed by atoms with E-state index in [0.29, 0.717) is 17.5 Å². The normalized spacial score (nSPS) is 12.1. The lowest BCUT2D eigenvalue weighted by atomic mass is 9.98. The smallest absolute Gasteiger partial charge is 0.165 e. The highest BCUT2D eigenvalue weighted by Gasteiger charge is 2.23. The number of aromatic nitrogens is 4. The first-order valence-corrected chi connectivity index (χ1v) is 20.6. The number of hydrogen-bond acceptors (Lipinski definition) is 5. The zero-order valence-corrected chi connectivity index (χ0v) is 32.2. The van der Waals surface area contributed by atoms with Crippen molar-refractivity contribution in [2.24, 2.45) is 0 Å². The molecule has 274 valence electrons. The molecule has 0 saturated heterocycles. The molecule has 4 heterocycles. The van der Waals surface area contributed by atoms with Crippen LogP contribution in [0.15, 0.2) is 186 Å². The minimum atomic E-state index is 0.593. The molecule has 59 heavy (non-hydrogen) atoms. The van der Waals surface area contributed by atoms with Crippen LogP contribution in [0.25, 0.3) is 125 Å². The number of benzene rings is 9. The second kappa shape index (κ2) is 12.4. The van der Waals surface area contributed by atoms with Gasteiger partial charge in [-0.2, -0.15) is 0 Å². The van der Waals surface area contributed by atoms with Crippen LogP contribution in [0, 0.1) is 0 Å². The van der Waals surface area contributed by atoms with Crippen molar-refractivity contribution in [2.45, 2.75) is 0 Å². The van der Waals surface area contributed by atoms with Crippen molar-refractivity contribution in [3.8, 4) is 39.9 Å². The first-order chi connectivity index (χ1) is 29.2. The molecule has 0 aliphatic rings. The second-order valence-corrected chi connectivity index (χ2v) is 16.2. The molecule has 9 aromatic carbocycles. The summed E-state index contributed by atoms with van der Waals surface area (Å²) in [6.45, 7) is 0. The molecular weight excluding hydrogens is 741 g/mol. The van der Waals surface area contributed by atoms with Crippen LogP contribution in [0.2, 0.25) is 0 Å². The Bertz CT molecular complexity index is 3860. The summed E-state index contributed by atoms with van der Waals surface area (Å²) < 4.78 is 11.3. The van der Waals surface area contributed by atoms with E-state index in [1.807, 2.05) is 30.3 Å². The fourth-order valence-electron chi connectivity index (χ4n) is 9.23. The van der Waals surface area contributed by atoms with E-state index in [4.69, 9.17) is 19.4 Å². The third-order valence-corrected chi connectivity index (χ3v) is 13.0. The quantitative estimate of drug-likeness (QED) is 0.179. The van der Waals surface area contributed by atoms with E-state index in [0.717, 1.165) is 70.8 Å². The summed E-state index contributed by atoms with van der Waals surface area (Å²) in [5, 5.41) is 11.7. The minimum absolute atomic E-state index is 0.593. The molecule has 0 unspecified atom stereocenters. The van der Waals surface area contributed by atoms with Gasteiger partial charge in [0.05, 0.1) is 11.0 Å². The maximum atomic E-state index is 6.53. The minimum Gasteiger partial charge on any atom is -0.456 e. The summed E-state index contributed by atoms with van der Waals surface area (Å²) in [5.74, 6) is 1.82. The van der Waals surface area contributed by atoms with Crippen molar-refractivity contribution < 1.29 is 4.42 Å². The van der Waals surface area contributed by atoms with Gasteiger partial charge < -0.3 is 8.98 Å². The molecular formula is C53H30N4OS. The molecule has 0 N–H and O–H groups in total. The van der Waals surface area contributed by atoms with E-state index in [1.165, 1.54) is 37.0 Å². The largest absolute Gasteiger partial charge is 0.456 e. The molecule has 0 atom stereocenters. The predicted molar refractivity (Wildman–Crippen MR) is 246 cm³/mol. The van der Waals surface area contributed by atoms with Crippen molar-refractivity contribution >= 4 is 96.8 Å². The Morgan fingerprint density at radius 1 is 0.407 bits per heavy atom. The highest BCUT2D eigenvalue weighted by molar-refractivity contribution is 7.26. The van der Waals surface area contributed by atoms with Crippen molar-refractivity contribution in [3.63, 3.8) is 0 Å². The van der Waals surface area contributed by atoms with Crippen LogP contribution in [0.4, 0.5) is 0 Å². The van der Waals surface area contributed by atoms with Gasteiger partial charge in [0.15, 0.2) is 17.5 Å². The Morgan fingerprint density at radius 2 is 1.07 bits per heavy atom. The van der Waals surface area contributed by atoms with Crippen LogP contribution in [0.3, 0.4) is 0 Å². The van der Waals surface area contributed by atoms with Gasteiger partial charge in [0.2, 0.25) is 0 Å². The Balaban J connectivity index is 1.14. The maximum Gasteiger partial charge on any atom is 0.165 e. The van der Waals surface area contributed by atoms with Gasteiger partial charge in [-0.25, -0.2) is 15.0 Å². The highest BCUT2D eigenvalue weighted by Crippen LogP contribution is 2.45. The summed E-state index contributed by atoms with van der Waals surface area (Å²) in [4.78, 5) is 16.0. The van der Waals surface area contributed by atoms with Crippen molar-refractivity contribution in [3.05, 3.63) is 182 Å². The van der Waals surface area contributed by atoms with E-state index >= 15 is 0 Å². The summed E-state index contributed by atoms with van der Waals surface area (Å²) in [6, 6.07) is 64.3. The molecule has 0 aliphatic carbocycles. The summed E-state index contributed by atoms with van der Waals surface area (Å²) in [5.41, 5.74) is 7.78. The standard InChI is InChI=1S/C53H30N4OS/c1-2-15-32(16-3-1)51-54-52(41-30-46-49(37-20-7-6-18-35(37)41)39-22-9-12-24-45(39)58-46)56-53(55-51)42-29-33(28-40-36-19-10-13-25-47(36)59-50(40)42)57-43-23-11-8-21-38(43)48-34-17-5-4-14-31(34)26-27-44(48)57/h1-30H. The second-order valence-electron chi connectivity index (χ2n) is 15.1. The highest BCUT2D eigenvalue weighted by atomic mass is 32.1. The zero-order chi connectivity index (χ0) is 38.6. The van der Waals surface area contributed by atoms with Crippen LogP contribution in [0.1, 0.15) is 0 Å². The molecule has 0 bridgehead atoms. The van der Waals surface area contributed by atoms with Crippen LogP contribution < -0.4 is 0 Å². The molecule has 4 aromatic heterocycles. The SMILES string of the molecule is c1ccc(-c2nc(-c3cc4oc5ccccc5c4c4ccccc34)nc(-c3cc(-n4c5ccccc5c5c6ccccc6ccc54)cc4c3sc3ccccc34)n2)cc1. The van der Waals surface area contributed by atoms with Gasteiger partial charge in [-0.15, -0.1) is 11.3 Å².